The smallest absolute Gasteiger partial charge is 0.240 e. The molecule has 0 unspecified atom stereocenters. The van der Waals surface area contributed by atoms with Gasteiger partial charge < -0.3 is 15.2 Å². The van der Waals surface area contributed by atoms with E-state index in [9.17, 15) is 14.7 Å². The SMILES string of the molecule is CCOc1cc(C=NNC(=O)CCC(=O)Nc2cccc(C)c2C)cc(Br)c1O. The lowest BCUT2D eigenvalue weighted by atomic mass is 10.1. The molecule has 8 heteroatoms. The molecule has 0 spiro atoms. The van der Waals surface area contributed by atoms with Gasteiger partial charge in [0.05, 0.1) is 17.3 Å². The van der Waals surface area contributed by atoms with Gasteiger partial charge in [0.1, 0.15) is 0 Å². The van der Waals surface area contributed by atoms with Crippen molar-refractivity contribution in [1.82, 2.24) is 5.43 Å². The molecule has 0 heterocycles. The van der Waals surface area contributed by atoms with Crippen molar-refractivity contribution in [2.75, 3.05) is 11.9 Å². The molecule has 29 heavy (non-hydrogen) atoms. The first kappa shape index (κ1) is 22.4. The second kappa shape index (κ2) is 10.6. The normalized spacial score (nSPS) is 10.8. The molecule has 0 saturated heterocycles. The van der Waals surface area contributed by atoms with E-state index >= 15 is 0 Å². The number of hydrogen-bond donors (Lipinski definition) is 3. The van der Waals surface area contributed by atoms with Crippen LogP contribution in [0.4, 0.5) is 5.69 Å². The minimum Gasteiger partial charge on any atom is -0.503 e. The lowest BCUT2D eigenvalue weighted by molar-refractivity contribution is -0.124. The average Bonchev–Trinajstić information content (AvgIpc) is 2.68. The highest BCUT2D eigenvalue weighted by atomic mass is 79.9. The fourth-order valence-electron chi connectivity index (χ4n) is 2.49. The van der Waals surface area contributed by atoms with Crippen molar-refractivity contribution in [3.8, 4) is 11.5 Å². The molecule has 0 aliphatic rings. The minimum absolute atomic E-state index is 0.00268. The Bertz CT molecular complexity index is 928. The summed E-state index contributed by atoms with van der Waals surface area (Å²) in [7, 11) is 0. The maximum absolute atomic E-state index is 12.1. The number of carbonyl (C=O) groups excluding carboxylic acids is 2. The van der Waals surface area contributed by atoms with Crippen LogP contribution in [0.3, 0.4) is 0 Å². The molecule has 2 aromatic carbocycles. The Kier molecular flexibility index (Phi) is 8.21. The molecule has 0 radical (unpaired) electrons. The number of phenolic OH excluding ortho intramolecular Hbond substituents is 1. The van der Waals surface area contributed by atoms with Crippen LogP contribution in [0.2, 0.25) is 0 Å². The molecule has 7 nitrogen and oxygen atoms in total. The Hall–Kier alpha value is -2.87. The fourth-order valence-corrected chi connectivity index (χ4v) is 2.95. The summed E-state index contributed by atoms with van der Waals surface area (Å²) in [5.74, 6) is -0.289. The van der Waals surface area contributed by atoms with Crippen molar-refractivity contribution < 1.29 is 19.4 Å². The minimum atomic E-state index is -0.375. The molecule has 2 rings (SSSR count). The fraction of sp³-hybridized carbons (Fsp3) is 0.286. The summed E-state index contributed by atoms with van der Waals surface area (Å²) in [4.78, 5) is 24.0. The molecule has 2 aromatic rings. The van der Waals surface area contributed by atoms with Crippen LogP contribution >= 0.6 is 15.9 Å². The van der Waals surface area contributed by atoms with Gasteiger partial charge >= 0.3 is 0 Å². The molecule has 0 aliphatic carbocycles. The third-order valence-electron chi connectivity index (χ3n) is 4.21. The Morgan fingerprint density at radius 1 is 1.21 bits per heavy atom. The highest BCUT2D eigenvalue weighted by Gasteiger charge is 2.10. The van der Waals surface area contributed by atoms with Gasteiger partial charge in [-0.3, -0.25) is 9.59 Å². The van der Waals surface area contributed by atoms with Crippen molar-refractivity contribution >= 4 is 39.6 Å². The van der Waals surface area contributed by atoms with Crippen molar-refractivity contribution in [3.05, 3.63) is 51.5 Å². The molecule has 0 aromatic heterocycles. The van der Waals surface area contributed by atoms with Gasteiger partial charge in [0.2, 0.25) is 11.8 Å². The number of hydrazone groups is 1. The molecule has 154 valence electrons. The third-order valence-corrected chi connectivity index (χ3v) is 4.82. The van der Waals surface area contributed by atoms with Crippen LogP contribution in [-0.2, 0) is 9.59 Å². The van der Waals surface area contributed by atoms with Crippen LogP contribution in [0, 0.1) is 13.8 Å². The molecule has 0 saturated carbocycles. The van der Waals surface area contributed by atoms with Crippen LogP contribution in [0.25, 0.3) is 0 Å². The van der Waals surface area contributed by atoms with Gasteiger partial charge in [0.25, 0.3) is 0 Å². The average molecular weight is 462 g/mol. The number of phenols is 1. The second-order valence-corrected chi connectivity index (χ2v) is 7.23. The van der Waals surface area contributed by atoms with E-state index in [2.05, 4.69) is 31.8 Å². The summed E-state index contributed by atoms with van der Waals surface area (Å²) < 4.78 is 5.80. The zero-order valence-corrected chi connectivity index (χ0v) is 18.2. The van der Waals surface area contributed by atoms with E-state index in [1.807, 2.05) is 39.0 Å². The van der Waals surface area contributed by atoms with Gasteiger partial charge in [0, 0.05) is 18.5 Å². The lowest BCUT2D eigenvalue weighted by Crippen LogP contribution is -2.21. The summed E-state index contributed by atoms with van der Waals surface area (Å²) in [5, 5.41) is 16.6. The van der Waals surface area contributed by atoms with Crippen LogP contribution in [0.5, 0.6) is 11.5 Å². The van der Waals surface area contributed by atoms with E-state index in [0.29, 0.717) is 22.4 Å². The van der Waals surface area contributed by atoms with Gasteiger partial charge in [-0.05, 0) is 71.6 Å². The quantitative estimate of drug-likeness (QED) is 0.407. The molecule has 2 amide bonds. The number of nitrogens with one attached hydrogen (secondary N) is 2. The van der Waals surface area contributed by atoms with E-state index in [1.165, 1.54) is 6.21 Å². The molecule has 0 aliphatic heterocycles. The number of halogens is 1. The van der Waals surface area contributed by atoms with Crippen molar-refractivity contribution in [2.45, 2.75) is 33.6 Å². The summed E-state index contributed by atoms with van der Waals surface area (Å²) >= 11 is 3.24. The number of hydrogen-bond acceptors (Lipinski definition) is 5. The predicted molar refractivity (Wildman–Crippen MR) is 116 cm³/mol. The first-order valence-corrected chi connectivity index (χ1v) is 9.94. The number of amides is 2. The summed E-state index contributed by atoms with van der Waals surface area (Å²) in [6.45, 7) is 6.12. The summed E-state index contributed by atoms with van der Waals surface area (Å²) in [6.07, 6.45) is 1.49. The van der Waals surface area contributed by atoms with E-state index < -0.39 is 0 Å². The van der Waals surface area contributed by atoms with Crippen LogP contribution in [-0.4, -0.2) is 29.7 Å². The van der Waals surface area contributed by atoms with Crippen molar-refractivity contribution in [3.63, 3.8) is 0 Å². The van der Waals surface area contributed by atoms with Crippen LogP contribution < -0.4 is 15.5 Å². The number of benzene rings is 2. The number of aromatic hydroxyl groups is 1. The van der Waals surface area contributed by atoms with Gasteiger partial charge in [-0.2, -0.15) is 5.10 Å². The van der Waals surface area contributed by atoms with E-state index in [0.717, 1.165) is 16.8 Å². The topological polar surface area (TPSA) is 100 Å². The largest absolute Gasteiger partial charge is 0.503 e. The van der Waals surface area contributed by atoms with Crippen LogP contribution in [0.15, 0.2) is 39.9 Å². The van der Waals surface area contributed by atoms with Crippen molar-refractivity contribution in [2.24, 2.45) is 5.10 Å². The first-order valence-electron chi connectivity index (χ1n) is 9.15. The van der Waals surface area contributed by atoms with Crippen molar-refractivity contribution in [1.29, 1.82) is 0 Å². The number of ether oxygens (including phenoxy) is 1. The van der Waals surface area contributed by atoms with Gasteiger partial charge in [-0.1, -0.05) is 12.1 Å². The highest BCUT2D eigenvalue weighted by molar-refractivity contribution is 9.10. The zero-order chi connectivity index (χ0) is 21.4. The molecule has 0 atom stereocenters. The number of rotatable bonds is 8. The third kappa shape index (κ3) is 6.60. The molecular formula is C21H24BrN3O4. The lowest BCUT2D eigenvalue weighted by Gasteiger charge is -2.10. The Balaban J connectivity index is 1.85. The Morgan fingerprint density at radius 2 is 1.93 bits per heavy atom. The van der Waals surface area contributed by atoms with E-state index in [4.69, 9.17) is 4.74 Å². The second-order valence-electron chi connectivity index (χ2n) is 6.37. The molecular weight excluding hydrogens is 438 g/mol. The van der Waals surface area contributed by atoms with E-state index in [1.54, 1.807) is 12.1 Å². The number of aryl methyl sites for hydroxylation is 1. The monoisotopic (exact) mass is 461 g/mol. The first-order chi connectivity index (χ1) is 13.8. The van der Waals surface area contributed by atoms with Gasteiger partial charge in [0.15, 0.2) is 11.5 Å². The maximum atomic E-state index is 12.1. The Labute approximate surface area is 178 Å². The number of nitrogens with zero attached hydrogens (tertiary/aromatic N) is 1. The zero-order valence-electron chi connectivity index (χ0n) is 16.6. The number of carbonyl (C=O) groups is 2. The maximum Gasteiger partial charge on any atom is 0.240 e. The highest BCUT2D eigenvalue weighted by Crippen LogP contribution is 2.35. The Morgan fingerprint density at radius 3 is 2.66 bits per heavy atom. The molecule has 0 bridgehead atoms. The van der Waals surface area contributed by atoms with Crippen LogP contribution in [0.1, 0.15) is 36.5 Å². The summed E-state index contributed by atoms with van der Waals surface area (Å²) in [6, 6.07) is 8.93. The standard InChI is InChI=1S/C21H24BrN3O4/c1-4-29-18-11-15(10-16(22)21(18)28)12-23-25-20(27)9-8-19(26)24-17-7-5-6-13(2)14(17)3/h5-7,10-12,28H,4,8-9H2,1-3H3,(H,24,26)(H,25,27). The summed E-state index contributed by atoms with van der Waals surface area (Å²) in [5.41, 5.74) is 5.85. The number of anilines is 1. The van der Waals surface area contributed by atoms with Gasteiger partial charge in [-0.15, -0.1) is 0 Å². The molecule has 0 fully saturated rings. The predicted octanol–water partition coefficient (Wildman–Crippen LogP) is 4.04. The van der Waals surface area contributed by atoms with E-state index in [-0.39, 0.29) is 30.4 Å². The molecule has 3 N–H and O–H groups in total. The van der Waals surface area contributed by atoms with Gasteiger partial charge in [-0.25, -0.2) is 5.43 Å².